The molecule has 4 heteroatoms. The number of hydrogen-bond donors (Lipinski definition) is 2. The van der Waals surface area contributed by atoms with Crippen molar-refractivity contribution in [1.82, 2.24) is 9.88 Å². The summed E-state index contributed by atoms with van der Waals surface area (Å²) >= 11 is 0. The lowest BCUT2D eigenvalue weighted by Gasteiger charge is -2.38. The van der Waals surface area contributed by atoms with Crippen molar-refractivity contribution in [3.63, 3.8) is 0 Å². The van der Waals surface area contributed by atoms with E-state index in [2.05, 4.69) is 12.2 Å². The van der Waals surface area contributed by atoms with E-state index in [1.165, 1.54) is 0 Å². The highest BCUT2D eigenvalue weighted by Crippen LogP contribution is 2.31. The van der Waals surface area contributed by atoms with E-state index in [0.29, 0.717) is 11.6 Å². The molecule has 1 aromatic rings. The molecule has 1 heterocycles. The van der Waals surface area contributed by atoms with Crippen LogP contribution in [-0.2, 0) is 7.05 Å². The molecule has 0 radical (unpaired) electrons. The minimum absolute atomic E-state index is 0.0237. The van der Waals surface area contributed by atoms with Gasteiger partial charge in [-0.1, -0.05) is 6.92 Å². The van der Waals surface area contributed by atoms with E-state index < -0.39 is 5.54 Å². The third kappa shape index (κ3) is 2.58. The SMILES string of the molecule is CC1CCC(CO)(NC(=O)c2cccn2C)CC1. The van der Waals surface area contributed by atoms with Crippen LogP contribution >= 0.6 is 0 Å². The van der Waals surface area contributed by atoms with Gasteiger partial charge in [0.15, 0.2) is 0 Å². The van der Waals surface area contributed by atoms with Gasteiger partial charge in [0.05, 0.1) is 12.1 Å². The van der Waals surface area contributed by atoms with Gasteiger partial charge in [0.25, 0.3) is 5.91 Å². The number of hydrogen-bond acceptors (Lipinski definition) is 2. The first-order valence-electron chi connectivity index (χ1n) is 6.61. The molecule has 1 aromatic heterocycles. The molecule has 0 unspecified atom stereocenters. The van der Waals surface area contributed by atoms with Gasteiger partial charge in [-0.3, -0.25) is 4.79 Å². The summed E-state index contributed by atoms with van der Waals surface area (Å²) < 4.78 is 1.80. The summed E-state index contributed by atoms with van der Waals surface area (Å²) in [5.74, 6) is 0.600. The molecule has 1 fully saturated rings. The number of aliphatic hydroxyl groups is 1. The fraction of sp³-hybridized carbons (Fsp3) is 0.643. The Hall–Kier alpha value is -1.29. The predicted molar refractivity (Wildman–Crippen MR) is 70.3 cm³/mol. The highest BCUT2D eigenvalue weighted by Gasteiger charge is 2.35. The normalized spacial score (nSPS) is 28.1. The molecule has 1 aliphatic carbocycles. The quantitative estimate of drug-likeness (QED) is 0.858. The van der Waals surface area contributed by atoms with E-state index in [9.17, 15) is 9.90 Å². The number of amides is 1. The van der Waals surface area contributed by atoms with E-state index in [-0.39, 0.29) is 12.5 Å². The summed E-state index contributed by atoms with van der Waals surface area (Å²) in [7, 11) is 1.85. The van der Waals surface area contributed by atoms with Crippen molar-refractivity contribution in [3.8, 4) is 0 Å². The number of aryl methyl sites for hydroxylation is 1. The molecule has 0 atom stereocenters. The zero-order valence-corrected chi connectivity index (χ0v) is 11.1. The Morgan fingerprint density at radius 2 is 2.22 bits per heavy atom. The molecule has 0 aromatic carbocycles. The molecule has 0 bridgehead atoms. The lowest BCUT2D eigenvalue weighted by molar-refractivity contribution is 0.0710. The first-order valence-corrected chi connectivity index (χ1v) is 6.61. The molecule has 18 heavy (non-hydrogen) atoms. The molecular weight excluding hydrogens is 228 g/mol. The number of aliphatic hydroxyl groups excluding tert-OH is 1. The molecule has 1 saturated carbocycles. The lowest BCUT2D eigenvalue weighted by Crippen LogP contribution is -2.53. The fourth-order valence-corrected chi connectivity index (χ4v) is 2.64. The number of rotatable bonds is 3. The van der Waals surface area contributed by atoms with Crippen LogP contribution in [0.1, 0.15) is 43.1 Å². The van der Waals surface area contributed by atoms with Gasteiger partial charge in [-0.25, -0.2) is 0 Å². The summed E-state index contributed by atoms with van der Waals surface area (Å²) in [5.41, 5.74) is 0.217. The Morgan fingerprint density at radius 1 is 1.56 bits per heavy atom. The van der Waals surface area contributed by atoms with Gasteiger partial charge in [0.2, 0.25) is 0 Å². The maximum atomic E-state index is 12.2. The second kappa shape index (κ2) is 5.14. The van der Waals surface area contributed by atoms with Gasteiger partial charge >= 0.3 is 0 Å². The number of nitrogens with one attached hydrogen (secondary N) is 1. The zero-order valence-electron chi connectivity index (χ0n) is 11.1. The Labute approximate surface area is 108 Å². The standard InChI is InChI=1S/C14H22N2O2/c1-11-5-7-14(10-17,8-6-11)15-13(18)12-4-3-9-16(12)2/h3-4,9,11,17H,5-8,10H2,1-2H3,(H,15,18). The van der Waals surface area contributed by atoms with Gasteiger partial charge < -0.3 is 15.0 Å². The van der Waals surface area contributed by atoms with Crippen molar-refractivity contribution in [1.29, 1.82) is 0 Å². The smallest absolute Gasteiger partial charge is 0.268 e. The van der Waals surface area contributed by atoms with Crippen LogP contribution in [0.25, 0.3) is 0 Å². The number of carbonyl (C=O) groups excluding carboxylic acids is 1. The van der Waals surface area contributed by atoms with E-state index in [4.69, 9.17) is 0 Å². The molecule has 0 spiro atoms. The Balaban J connectivity index is 2.07. The first kappa shape index (κ1) is 13.1. The summed E-state index contributed by atoms with van der Waals surface area (Å²) in [5, 5.41) is 12.7. The molecule has 0 aliphatic heterocycles. The largest absolute Gasteiger partial charge is 0.394 e. The predicted octanol–water partition coefficient (Wildman–Crippen LogP) is 1.70. The topological polar surface area (TPSA) is 54.3 Å². The third-order valence-corrected chi connectivity index (χ3v) is 4.09. The number of nitrogens with zero attached hydrogens (tertiary/aromatic N) is 1. The maximum absolute atomic E-state index is 12.2. The molecular formula is C14H22N2O2. The maximum Gasteiger partial charge on any atom is 0.268 e. The van der Waals surface area contributed by atoms with E-state index in [1.54, 1.807) is 10.6 Å². The van der Waals surface area contributed by atoms with Crippen molar-refractivity contribution in [3.05, 3.63) is 24.0 Å². The van der Waals surface area contributed by atoms with Crippen LogP contribution in [-0.4, -0.2) is 27.7 Å². The minimum atomic E-state index is -0.423. The number of carbonyl (C=O) groups is 1. The van der Waals surface area contributed by atoms with Crippen molar-refractivity contribution < 1.29 is 9.90 Å². The zero-order chi connectivity index (χ0) is 13.2. The van der Waals surface area contributed by atoms with Crippen molar-refractivity contribution >= 4 is 5.91 Å². The monoisotopic (exact) mass is 250 g/mol. The second-order valence-electron chi connectivity index (χ2n) is 5.58. The first-order chi connectivity index (χ1) is 8.56. The molecule has 1 aliphatic rings. The van der Waals surface area contributed by atoms with Crippen molar-refractivity contribution in [2.75, 3.05) is 6.61 Å². The van der Waals surface area contributed by atoms with Crippen LogP contribution in [0.5, 0.6) is 0 Å². The van der Waals surface area contributed by atoms with Gasteiger partial charge in [-0.15, -0.1) is 0 Å². The Bertz CT molecular complexity index is 417. The van der Waals surface area contributed by atoms with Crippen molar-refractivity contribution in [2.45, 2.75) is 38.1 Å². The van der Waals surface area contributed by atoms with E-state index in [1.807, 2.05) is 19.3 Å². The summed E-state index contributed by atoms with van der Waals surface area (Å²) in [4.78, 5) is 12.2. The van der Waals surface area contributed by atoms with Gasteiger partial charge in [0, 0.05) is 13.2 Å². The summed E-state index contributed by atoms with van der Waals surface area (Å²) in [6.07, 6.45) is 5.70. The summed E-state index contributed by atoms with van der Waals surface area (Å²) in [6, 6.07) is 3.65. The van der Waals surface area contributed by atoms with E-state index >= 15 is 0 Å². The highest BCUT2D eigenvalue weighted by atomic mass is 16.3. The fourth-order valence-electron chi connectivity index (χ4n) is 2.64. The van der Waals surface area contributed by atoms with Crippen LogP contribution in [0.2, 0.25) is 0 Å². The van der Waals surface area contributed by atoms with Gasteiger partial charge in [0.1, 0.15) is 5.69 Å². The van der Waals surface area contributed by atoms with Crippen LogP contribution in [0.4, 0.5) is 0 Å². The third-order valence-electron chi connectivity index (χ3n) is 4.09. The van der Waals surface area contributed by atoms with Gasteiger partial charge in [-0.05, 0) is 43.7 Å². The average Bonchev–Trinajstić information content (AvgIpc) is 2.79. The van der Waals surface area contributed by atoms with Gasteiger partial charge in [-0.2, -0.15) is 0 Å². The Morgan fingerprint density at radius 3 is 2.72 bits per heavy atom. The molecule has 1 amide bonds. The Kier molecular flexibility index (Phi) is 3.76. The molecule has 4 nitrogen and oxygen atoms in total. The summed E-state index contributed by atoms with van der Waals surface area (Å²) in [6.45, 7) is 2.25. The average molecular weight is 250 g/mol. The molecule has 0 saturated heterocycles. The van der Waals surface area contributed by atoms with Crippen molar-refractivity contribution in [2.24, 2.45) is 13.0 Å². The van der Waals surface area contributed by atoms with Crippen LogP contribution in [0.15, 0.2) is 18.3 Å². The van der Waals surface area contributed by atoms with E-state index in [0.717, 1.165) is 25.7 Å². The molecule has 100 valence electrons. The minimum Gasteiger partial charge on any atom is -0.394 e. The second-order valence-corrected chi connectivity index (χ2v) is 5.58. The van der Waals surface area contributed by atoms with Crippen LogP contribution in [0, 0.1) is 5.92 Å². The van der Waals surface area contributed by atoms with Crippen LogP contribution in [0.3, 0.4) is 0 Å². The lowest BCUT2D eigenvalue weighted by atomic mass is 9.77. The molecule has 2 rings (SSSR count). The van der Waals surface area contributed by atoms with Crippen LogP contribution < -0.4 is 5.32 Å². The highest BCUT2D eigenvalue weighted by molar-refractivity contribution is 5.93. The molecule has 2 N–H and O–H groups in total. The number of aromatic nitrogens is 1.